The molecule has 3 rings (SSSR count). The minimum absolute atomic E-state index is 0.107. The second-order valence-electron chi connectivity index (χ2n) is 6.72. The van der Waals surface area contributed by atoms with Gasteiger partial charge in [-0.15, -0.1) is 0 Å². The van der Waals surface area contributed by atoms with Crippen molar-refractivity contribution >= 4 is 5.91 Å². The highest BCUT2D eigenvalue weighted by molar-refractivity contribution is 5.84. The summed E-state index contributed by atoms with van der Waals surface area (Å²) < 4.78 is 0. The van der Waals surface area contributed by atoms with Crippen molar-refractivity contribution in [2.45, 2.75) is 44.9 Å². The highest BCUT2D eigenvalue weighted by atomic mass is 16.2. The number of nitrogens with zero attached hydrogens (tertiary/aromatic N) is 1. The van der Waals surface area contributed by atoms with Crippen molar-refractivity contribution in [1.82, 2.24) is 10.2 Å². The van der Waals surface area contributed by atoms with Crippen LogP contribution in [0.1, 0.15) is 49.7 Å². The summed E-state index contributed by atoms with van der Waals surface area (Å²) in [4.78, 5) is 15.1. The predicted molar refractivity (Wildman–Crippen MR) is 90.0 cm³/mol. The number of hydrogen-bond acceptors (Lipinski definition) is 2. The Morgan fingerprint density at radius 1 is 1.23 bits per heavy atom. The largest absolute Gasteiger partial charge is 0.342 e. The van der Waals surface area contributed by atoms with Gasteiger partial charge in [-0.2, -0.15) is 0 Å². The van der Waals surface area contributed by atoms with Crippen LogP contribution in [0.4, 0.5) is 0 Å². The van der Waals surface area contributed by atoms with Gasteiger partial charge in [-0.05, 0) is 62.2 Å². The van der Waals surface area contributed by atoms with E-state index in [2.05, 4.69) is 41.4 Å². The Hall–Kier alpha value is -1.35. The topological polar surface area (TPSA) is 32.3 Å². The van der Waals surface area contributed by atoms with E-state index < -0.39 is 0 Å². The van der Waals surface area contributed by atoms with E-state index in [1.165, 1.54) is 11.1 Å². The van der Waals surface area contributed by atoms with Gasteiger partial charge in [0.25, 0.3) is 0 Å². The molecule has 1 amide bonds. The van der Waals surface area contributed by atoms with Crippen LogP contribution in [0.2, 0.25) is 0 Å². The Morgan fingerprint density at radius 2 is 2.00 bits per heavy atom. The lowest BCUT2D eigenvalue weighted by Gasteiger charge is -2.36. The number of nitrogens with one attached hydrogen (secondary N) is 1. The summed E-state index contributed by atoms with van der Waals surface area (Å²) >= 11 is 0. The molecule has 1 unspecified atom stereocenters. The molecule has 1 aliphatic carbocycles. The van der Waals surface area contributed by atoms with Crippen molar-refractivity contribution in [2.24, 2.45) is 5.92 Å². The van der Waals surface area contributed by atoms with Crippen molar-refractivity contribution in [3.05, 3.63) is 35.4 Å². The lowest BCUT2D eigenvalue weighted by Crippen LogP contribution is -2.43. The van der Waals surface area contributed by atoms with Crippen molar-refractivity contribution in [3.63, 3.8) is 0 Å². The first-order chi connectivity index (χ1) is 10.8. The van der Waals surface area contributed by atoms with Gasteiger partial charge in [0.15, 0.2) is 0 Å². The average molecular weight is 300 g/mol. The normalized spacial score (nSPS) is 22.4. The maximum atomic E-state index is 12.9. The summed E-state index contributed by atoms with van der Waals surface area (Å²) in [5, 5.41) is 3.43. The van der Waals surface area contributed by atoms with E-state index in [0.29, 0.717) is 5.91 Å². The first-order valence-corrected chi connectivity index (χ1v) is 8.87. The molecule has 0 radical (unpaired) electrons. The SMILES string of the molecule is CCNCC1CCN(C(=O)C2CCCc3ccccc32)CC1. The van der Waals surface area contributed by atoms with Crippen molar-refractivity contribution in [2.75, 3.05) is 26.2 Å². The summed E-state index contributed by atoms with van der Waals surface area (Å²) in [6, 6.07) is 8.53. The highest BCUT2D eigenvalue weighted by Gasteiger charge is 2.31. The van der Waals surface area contributed by atoms with E-state index >= 15 is 0 Å². The van der Waals surface area contributed by atoms with E-state index in [-0.39, 0.29) is 5.92 Å². The molecule has 1 heterocycles. The Morgan fingerprint density at radius 3 is 2.77 bits per heavy atom. The molecule has 3 heteroatoms. The van der Waals surface area contributed by atoms with Crippen LogP contribution < -0.4 is 5.32 Å². The maximum absolute atomic E-state index is 12.9. The Labute approximate surface area is 134 Å². The van der Waals surface area contributed by atoms with Crippen LogP contribution in [-0.4, -0.2) is 37.0 Å². The summed E-state index contributed by atoms with van der Waals surface area (Å²) in [6.07, 6.45) is 5.59. The zero-order valence-electron chi connectivity index (χ0n) is 13.7. The van der Waals surface area contributed by atoms with E-state index in [1.807, 2.05) is 0 Å². The van der Waals surface area contributed by atoms with Gasteiger partial charge >= 0.3 is 0 Å². The maximum Gasteiger partial charge on any atom is 0.230 e. The molecule has 0 aromatic heterocycles. The Balaban J connectivity index is 1.61. The average Bonchev–Trinajstić information content (AvgIpc) is 2.59. The number of likely N-dealkylation sites (tertiary alicyclic amines) is 1. The summed E-state index contributed by atoms with van der Waals surface area (Å²) in [5.41, 5.74) is 2.67. The van der Waals surface area contributed by atoms with Crippen molar-refractivity contribution in [1.29, 1.82) is 0 Å². The third-order valence-electron chi connectivity index (χ3n) is 5.28. The molecule has 0 saturated carbocycles. The zero-order valence-corrected chi connectivity index (χ0v) is 13.7. The molecule has 1 aromatic rings. The number of amides is 1. The molecule has 0 bridgehead atoms. The summed E-state index contributed by atoms with van der Waals surface area (Å²) in [6.45, 7) is 6.17. The quantitative estimate of drug-likeness (QED) is 0.927. The van der Waals surface area contributed by atoms with Gasteiger partial charge in [0.1, 0.15) is 0 Å². The van der Waals surface area contributed by atoms with Crippen molar-refractivity contribution in [3.8, 4) is 0 Å². The molecule has 1 atom stereocenters. The van der Waals surface area contributed by atoms with Gasteiger partial charge < -0.3 is 10.2 Å². The number of benzene rings is 1. The molecular weight excluding hydrogens is 272 g/mol. The lowest BCUT2D eigenvalue weighted by molar-refractivity contribution is -0.134. The van der Waals surface area contributed by atoms with Crippen molar-refractivity contribution < 1.29 is 4.79 Å². The fraction of sp³-hybridized carbons (Fsp3) is 0.632. The second-order valence-corrected chi connectivity index (χ2v) is 6.72. The Kier molecular flexibility index (Phi) is 5.14. The molecule has 2 aliphatic rings. The Bertz CT molecular complexity index is 506. The number of carbonyl (C=O) groups is 1. The first kappa shape index (κ1) is 15.5. The predicted octanol–water partition coefficient (Wildman–Crippen LogP) is 2.95. The van der Waals surface area contributed by atoms with Gasteiger partial charge in [0.2, 0.25) is 5.91 Å². The van der Waals surface area contributed by atoms with Gasteiger partial charge in [0, 0.05) is 13.1 Å². The molecule has 1 saturated heterocycles. The second kappa shape index (κ2) is 7.28. The third-order valence-corrected chi connectivity index (χ3v) is 5.28. The molecule has 3 nitrogen and oxygen atoms in total. The number of rotatable bonds is 4. The summed E-state index contributed by atoms with van der Waals surface area (Å²) in [5.74, 6) is 1.21. The van der Waals surface area contributed by atoms with Crippen LogP contribution in [-0.2, 0) is 11.2 Å². The molecule has 1 N–H and O–H groups in total. The monoisotopic (exact) mass is 300 g/mol. The number of carbonyl (C=O) groups excluding carboxylic acids is 1. The molecule has 22 heavy (non-hydrogen) atoms. The van der Waals surface area contributed by atoms with Crippen LogP contribution in [0.15, 0.2) is 24.3 Å². The smallest absolute Gasteiger partial charge is 0.230 e. The number of aryl methyl sites for hydroxylation is 1. The molecule has 0 spiro atoms. The fourth-order valence-corrected chi connectivity index (χ4v) is 3.94. The van der Waals surface area contributed by atoms with Crippen LogP contribution in [0, 0.1) is 5.92 Å². The standard InChI is InChI=1S/C19H28N2O/c1-2-20-14-15-10-12-21(13-11-15)19(22)18-9-5-7-16-6-3-4-8-17(16)18/h3-4,6,8,15,18,20H,2,5,7,9-14H2,1H3. The number of fused-ring (bicyclic) bond motifs is 1. The molecular formula is C19H28N2O. The lowest BCUT2D eigenvalue weighted by atomic mass is 9.81. The molecule has 1 fully saturated rings. The molecule has 1 aliphatic heterocycles. The van der Waals surface area contributed by atoms with Crippen LogP contribution in [0.3, 0.4) is 0 Å². The van der Waals surface area contributed by atoms with Gasteiger partial charge in [-0.3, -0.25) is 4.79 Å². The van der Waals surface area contributed by atoms with E-state index in [0.717, 1.165) is 64.2 Å². The van der Waals surface area contributed by atoms with Crippen LogP contribution in [0.25, 0.3) is 0 Å². The third kappa shape index (κ3) is 3.35. The van der Waals surface area contributed by atoms with Gasteiger partial charge in [0.05, 0.1) is 5.92 Å². The fourth-order valence-electron chi connectivity index (χ4n) is 3.94. The minimum Gasteiger partial charge on any atom is -0.342 e. The van der Waals surface area contributed by atoms with E-state index in [1.54, 1.807) is 0 Å². The van der Waals surface area contributed by atoms with E-state index in [4.69, 9.17) is 0 Å². The number of piperidine rings is 1. The molecule has 120 valence electrons. The van der Waals surface area contributed by atoms with Gasteiger partial charge in [-0.1, -0.05) is 31.2 Å². The first-order valence-electron chi connectivity index (χ1n) is 8.87. The highest BCUT2D eigenvalue weighted by Crippen LogP contribution is 2.33. The van der Waals surface area contributed by atoms with E-state index in [9.17, 15) is 4.79 Å². The zero-order chi connectivity index (χ0) is 15.4. The van der Waals surface area contributed by atoms with Gasteiger partial charge in [-0.25, -0.2) is 0 Å². The minimum atomic E-state index is 0.107. The summed E-state index contributed by atoms with van der Waals surface area (Å²) in [7, 11) is 0. The molecule has 1 aromatic carbocycles. The number of hydrogen-bond donors (Lipinski definition) is 1. The van der Waals surface area contributed by atoms with Crippen LogP contribution in [0.5, 0.6) is 0 Å². The van der Waals surface area contributed by atoms with Crippen LogP contribution >= 0.6 is 0 Å².